The van der Waals surface area contributed by atoms with Crippen LogP contribution in [-0.2, 0) is 16.1 Å². The molecule has 154 valence electrons. The number of nitrogens with zero attached hydrogens (tertiary/aromatic N) is 1. The highest BCUT2D eigenvalue weighted by Crippen LogP contribution is 2.34. The van der Waals surface area contributed by atoms with Crippen LogP contribution in [-0.4, -0.2) is 52.6 Å². The maximum Gasteiger partial charge on any atom is 0.262 e. The summed E-state index contributed by atoms with van der Waals surface area (Å²) in [5, 5.41) is 5.13. The summed E-state index contributed by atoms with van der Waals surface area (Å²) in [5.41, 5.74) is 6.73. The number of carbonyl (C=O) groups excluding carboxylic acids is 4. The zero-order chi connectivity index (χ0) is 20.9. The molecule has 1 aromatic rings. The molecule has 1 saturated carbocycles. The number of carbonyl (C=O) groups is 4. The number of rotatable bonds is 4. The first-order valence-corrected chi connectivity index (χ1v) is 9.37. The molecule has 1 aliphatic carbocycles. The highest BCUT2D eigenvalue weighted by molar-refractivity contribution is 6.23. The molecule has 0 spiro atoms. The lowest BCUT2D eigenvalue weighted by atomic mass is 10.0. The minimum Gasteiger partial charge on any atom is -0.326 e. The number of halogens is 2. The summed E-state index contributed by atoms with van der Waals surface area (Å²) in [6, 6.07) is 2.40. The predicted octanol–water partition coefficient (Wildman–Crippen LogP) is 0.302. The van der Waals surface area contributed by atoms with Crippen LogP contribution in [0.1, 0.15) is 52.0 Å². The Hall–Kier alpha value is -2.72. The standard InChI is InChI=1S/C19H20F2N4O4/c20-19(21)6-12(22)13(7-19)23-8-9-1-2-10-11(5-9)18(29)25(17(10)28)14-3-4-15(26)24-16(14)27/h1-2,5,12-14,23H,3-4,6-8,22H2,(H,24,26,27)/t12-,13+,14?/m1/s1. The maximum absolute atomic E-state index is 13.5. The van der Waals surface area contributed by atoms with E-state index in [0.717, 1.165) is 4.90 Å². The van der Waals surface area contributed by atoms with Crippen molar-refractivity contribution in [3.8, 4) is 0 Å². The van der Waals surface area contributed by atoms with Crippen LogP contribution in [0, 0.1) is 0 Å². The van der Waals surface area contributed by atoms with Crippen molar-refractivity contribution in [2.24, 2.45) is 5.73 Å². The van der Waals surface area contributed by atoms with Gasteiger partial charge >= 0.3 is 0 Å². The molecule has 4 amide bonds. The molecule has 4 rings (SSSR count). The first kappa shape index (κ1) is 19.6. The van der Waals surface area contributed by atoms with Gasteiger partial charge in [0.05, 0.1) is 11.1 Å². The number of hydrogen-bond donors (Lipinski definition) is 3. The topological polar surface area (TPSA) is 122 Å². The summed E-state index contributed by atoms with van der Waals surface area (Å²) in [6.45, 7) is 0.210. The van der Waals surface area contributed by atoms with Crippen LogP contribution in [0.5, 0.6) is 0 Å². The molecule has 0 radical (unpaired) electrons. The molecule has 4 N–H and O–H groups in total. The van der Waals surface area contributed by atoms with Gasteiger partial charge in [0.1, 0.15) is 6.04 Å². The number of nitrogens with two attached hydrogens (primary N) is 1. The van der Waals surface area contributed by atoms with Gasteiger partial charge in [-0.05, 0) is 24.1 Å². The van der Waals surface area contributed by atoms with E-state index >= 15 is 0 Å². The van der Waals surface area contributed by atoms with Crippen molar-refractivity contribution in [1.82, 2.24) is 15.5 Å². The number of imide groups is 2. The molecular weight excluding hydrogens is 386 g/mol. The molecule has 8 nitrogen and oxygen atoms in total. The minimum absolute atomic E-state index is 0.0469. The smallest absolute Gasteiger partial charge is 0.262 e. The fourth-order valence-corrected chi connectivity index (χ4v) is 4.14. The zero-order valence-corrected chi connectivity index (χ0v) is 15.4. The van der Waals surface area contributed by atoms with Gasteiger partial charge in [-0.3, -0.25) is 29.4 Å². The van der Waals surface area contributed by atoms with Gasteiger partial charge in [0.15, 0.2) is 0 Å². The molecule has 2 heterocycles. The van der Waals surface area contributed by atoms with Crippen molar-refractivity contribution < 1.29 is 28.0 Å². The lowest BCUT2D eigenvalue weighted by Gasteiger charge is -2.27. The van der Waals surface area contributed by atoms with E-state index in [1.807, 2.05) is 0 Å². The zero-order valence-electron chi connectivity index (χ0n) is 15.4. The summed E-state index contributed by atoms with van der Waals surface area (Å²) >= 11 is 0. The van der Waals surface area contributed by atoms with Crippen LogP contribution >= 0.6 is 0 Å². The lowest BCUT2D eigenvalue weighted by Crippen LogP contribution is -2.54. The Bertz CT molecular complexity index is 919. The molecule has 2 fully saturated rings. The molecule has 29 heavy (non-hydrogen) atoms. The summed E-state index contributed by atoms with van der Waals surface area (Å²) in [6.07, 6.45) is -0.591. The van der Waals surface area contributed by atoms with Gasteiger partial charge in [0, 0.05) is 37.9 Å². The number of fused-ring (bicyclic) bond motifs is 1. The van der Waals surface area contributed by atoms with Crippen molar-refractivity contribution in [3.05, 3.63) is 34.9 Å². The first-order chi connectivity index (χ1) is 13.7. The lowest BCUT2D eigenvalue weighted by molar-refractivity contribution is -0.136. The van der Waals surface area contributed by atoms with Gasteiger partial charge in [0.25, 0.3) is 17.7 Å². The summed E-state index contributed by atoms with van der Waals surface area (Å²) in [4.78, 5) is 49.7. The monoisotopic (exact) mass is 406 g/mol. The number of amides is 4. The van der Waals surface area contributed by atoms with Crippen molar-refractivity contribution >= 4 is 23.6 Å². The van der Waals surface area contributed by atoms with E-state index in [1.54, 1.807) is 6.07 Å². The van der Waals surface area contributed by atoms with E-state index in [0.29, 0.717) is 5.56 Å². The minimum atomic E-state index is -2.79. The fourth-order valence-electron chi connectivity index (χ4n) is 4.14. The largest absolute Gasteiger partial charge is 0.326 e. The van der Waals surface area contributed by atoms with E-state index in [9.17, 15) is 28.0 Å². The molecule has 3 aliphatic rings. The number of hydrogen-bond acceptors (Lipinski definition) is 6. The molecular formula is C19H20F2N4O4. The third-order valence-corrected chi connectivity index (χ3v) is 5.64. The second kappa shape index (κ2) is 6.96. The van der Waals surface area contributed by atoms with Gasteiger partial charge in [0.2, 0.25) is 11.8 Å². The average molecular weight is 406 g/mol. The Kier molecular flexibility index (Phi) is 4.70. The molecule has 1 saturated heterocycles. The van der Waals surface area contributed by atoms with Gasteiger partial charge in [-0.2, -0.15) is 0 Å². The molecule has 2 aliphatic heterocycles. The SMILES string of the molecule is N[C@@H]1CC(F)(F)C[C@@H]1NCc1ccc2c(c1)C(=O)N(C1CCC(=O)NC1=O)C2=O. The van der Waals surface area contributed by atoms with Crippen LogP contribution in [0.3, 0.4) is 0 Å². The van der Waals surface area contributed by atoms with Gasteiger partial charge in [-0.15, -0.1) is 0 Å². The molecule has 1 unspecified atom stereocenters. The van der Waals surface area contributed by atoms with Crippen LogP contribution < -0.4 is 16.4 Å². The fraction of sp³-hybridized carbons (Fsp3) is 0.474. The molecule has 10 heteroatoms. The molecule has 1 aromatic carbocycles. The summed E-state index contributed by atoms with van der Waals surface area (Å²) in [7, 11) is 0. The van der Waals surface area contributed by atoms with E-state index < -0.39 is 47.7 Å². The normalized spacial score (nSPS) is 28.7. The Morgan fingerprint density at radius 1 is 1.14 bits per heavy atom. The third kappa shape index (κ3) is 3.53. The number of nitrogens with one attached hydrogen (secondary N) is 2. The highest BCUT2D eigenvalue weighted by Gasteiger charge is 2.46. The third-order valence-electron chi connectivity index (χ3n) is 5.64. The first-order valence-electron chi connectivity index (χ1n) is 9.37. The van der Waals surface area contributed by atoms with Crippen LogP contribution in [0.15, 0.2) is 18.2 Å². The molecule has 0 bridgehead atoms. The van der Waals surface area contributed by atoms with Gasteiger partial charge < -0.3 is 11.1 Å². The Labute approximate surface area is 164 Å². The van der Waals surface area contributed by atoms with Gasteiger partial charge in [-0.25, -0.2) is 8.78 Å². The summed E-state index contributed by atoms with van der Waals surface area (Å²) < 4.78 is 26.9. The van der Waals surface area contributed by atoms with Crippen LogP contribution in [0.4, 0.5) is 8.78 Å². The maximum atomic E-state index is 13.5. The van der Waals surface area contributed by atoms with E-state index in [4.69, 9.17) is 5.73 Å². The number of alkyl halides is 2. The Morgan fingerprint density at radius 3 is 2.52 bits per heavy atom. The van der Waals surface area contributed by atoms with Crippen molar-refractivity contribution in [2.75, 3.05) is 0 Å². The molecule has 3 atom stereocenters. The van der Waals surface area contributed by atoms with E-state index in [2.05, 4.69) is 10.6 Å². The average Bonchev–Trinajstić information content (AvgIpc) is 3.05. The highest BCUT2D eigenvalue weighted by atomic mass is 19.3. The van der Waals surface area contributed by atoms with Crippen molar-refractivity contribution in [1.29, 1.82) is 0 Å². The van der Waals surface area contributed by atoms with E-state index in [-0.39, 0.29) is 43.4 Å². The van der Waals surface area contributed by atoms with Crippen molar-refractivity contribution in [3.63, 3.8) is 0 Å². The second-order valence-corrected chi connectivity index (χ2v) is 7.74. The Morgan fingerprint density at radius 2 is 1.86 bits per heavy atom. The number of piperidine rings is 1. The quantitative estimate of drug-likeness (QED) is 0.619. The second-order valence-electron chi connectivity index (χ2n) is 7.74. The van der Waals surface area contributed by atoms with Gasteiger partial charge in [-0.1, -0.05) is 6.07 Å². The van der Waals surface area contributed by atoms with Crippen molar-refractivity contribution in [2.45, 2.75) is 56.3 Å². The van der Waals surface area contributed by atoms with Crippen LogP contribution in [0.25, 0.3) is 0 Å². The molecule has 0 aromatic heterocycles. The number of benzene rings is 1. The summed E-state index contributed by atoms with van der Waals surface area (Å²) in [5.74, 6) is -5.09. The van der Waals surface area contributed by atoms with E-state index in [1.165, 1.54) is 12.1 Å². The predicted molar refractivity (Wildman–Crippen MR) is 95.9 cm³/mol. The van der Waals surface area contributed by atoms with Crippen LogP contribution in [0.2, 0.25) is 0 Å². The Balaban J connectivity index is 1.49.